The zero-order valence-electron chi connectivity index (χ0n) is 30.3. The maximum absolute atomic E-state index is 14.1. The van der Waals surface area contributed by atoms with Crippen LogP contribution in [-0.4, -0.2) is 102 Å². The highest BCUT2D eigenvalue weighted by atomic mass is 16.5. The minimum absolute atomic E-state index is 0.208. The Labute approximate surface area is 296 Å². The number of carbonyl (C=O) groups excluding carboxylic acids is 6. The van der Waals surface area contributed by atoms with Gasteiger partial charge in [0, 0.05) is 13.6 Å². The number of rotatable bonds is 7. The second-order valence-corrected chi connectivity index (χ2v) is 15.4. The van der Waals surface area contributed by atoms with Crippen LogP contribution in [0.4, 0.5) is 0 Å². The Morgan fingerprint density at radius 1 is 0.920 bits per heavy atom. The van der Waals surface area contributed by atoms with E-state index in [1.807, 2.05) is 6.92 Å². The average molecular weight is 705 g/mol. The van der Waals surface area contributed by atoms with Crippen LogP contribution in [0.2, 0.25) is 0 Å². The number of amides is 5. The van der Waals surface area contributed by atoms with Crippen LogP contribution in [0.15, 0.2) is 0 Å². The average Bonchev–Trinajstić information content (AvgIpc) is 3.34. The fraction of sp³-hybridized carbons (Fsp3) is 0.833. The molecule has 1 spiro atoms. The lowest BCUT2D eigenvalue weighted by Crippen LogP contribution is -2.62. The van der Waals surface area contributed by atoms with Crippen LogP contribution in [-0.2, 0) is 33.5 Å². The number of esters is 1. The van der Waals surface area contributed by atoms with Crippen LogP contribution < -0.4 is 27.0 Å². The Balaban J connectivity index is 1.66. The van der Waals surface area contributed by atoms with E-state index >= 15 is 0 Å². The Bertz CT molecular complexity index is 1220. The van der Waals surface area contributed by atoms with Gasteiger partial charge in [-0.15, -0.1) is 0 Å². The van der Waals surface area contributed by atoms with Gasteiger partial charge in [-0.25, -0.2) is 0 Å². The van der Waals surface area contributed by atoms with E-state index in [0.29, 0.717) is 37.5 Å². The summed E-state index contributed by atoms with van der Waals surface area (Å²) in [6.07, 6.45) is 10.1. The molecule has 4 fully saturated rings. The highest BCUT2D eigenvalue weighted by molar-refractivity contribution is 5.96. The molecule has 0 bridgehead atoms. The van der Waals surface area contributed by atoms with Gasteiger partial charge in [0.2, 0.25) is 29.5 Å². The first-order chi connectivity index (χ1) is 23.8. The van der Waals surface area contributed by atoms with Crippen molar-refractivity contribution in [2.75, 3.05) is 20.1 Å². The molecule has 1 saturated heterocycles. The van der Waals surface area contributed by atoms with Crippen molar-refractivity contribution in [2.45, 2.75) is 147 Å². The van der Waals surface area contributed by atoms with Gasteiger partial charge in [0.15, 0.2) is 0 Å². The Kier molecular flexibility index (Phi) is 14.1. The summed E-state index contributed by atoms with van der Waals surface area (Å²) in [6, 6.07) is -4.63. The number of nitrogens with two attached hydrogens (primary N) is 1. The van der Waals surface area contributed by atoms with Gasteiger partial charge in [-0.2, -0.15) is 0 Å². The molecule has 14 heteroatoms. The van der Waals surface area contributed by atoms with Crippen molar-refractivity contribution < 1.29 is 38.6 Å². The summed E-state index contributed by atoms with van der Waals surface area (Å²) in [5, 5.41) is 20.9. The van der Waals surface area contributed by atoms with E-state index in [1.54, 1.807) is 14.0 Å². The van der Waals surface area contributed by atoms with Crippen LogP contribution in [0.5, 0.6) is 0 Å². The van der Waals surface area contributed by atoms with Gasteiger partial charge in [-0.05, 0) is 75.5 Å². The number of aliphatic hydroxyl groups is 1. The lowest BCUT2D eigenvalue weighted by molar-refractivity contribution is -0.160. The Hall–Kier alpha value is -3.26. The number of cyclic esters (lactones) is 1. The second kappa shape index (κ2) is 17.8. The number of likely N-dealkylation sites (N-methyl/N-ethyl adjacent to an activating group) is 1. The molecule has 5 amide bonds. The van der Waals surface area contributed by atoms with Crippen molar-refractivity contribution in [2.24, 2.45) is 28.9 Å². The number of nitrogens with zero attached hydrogens (tertiary/aromatic N) is 1. The summed E-state index contributed by atoms with van der Waals surface area (Å²) in [4.78, 5) is 83.2. The van der Waals surface area contributed by atoms with Gasteiger partial charge >= 0.3 is 5.97 Å². The normalized spacial score (nSPS) is 32.1. The molecule has 3 aliphatic carbocycles. The van der Waals surface area contributed by atoms with Crippen LogP contribution in [0.3, 0.4) is 0 Å². The van der Waals surface area contributed by atoms with Crippen molar-refractivity contribution in [3.05, 3.63) is 0 Å². The predicted octanol–water partition coefficient (Wildman–Crippen LogP) is 1.03. The van der Waals surface area contributed by atoms with Gasteiger partial charge in [-0.3, -0.25) is 28.8 Å². The molecule has 1 unspecified atom stereocenters. The van der Waals surface area contributed by atoms with Gasteiger partial charge in [0.1, 0.15) is 36.8 Å². The highest BCUT2D eigenvalue weighted by Gasteiger charge is 2.49. The third-order valence-corrected chi connectivity index (χ3v) is 11.6. The van der Waals surface area contributed by atoms with Gasteiger partial charge < -0.3 is 41.7 Å². The number of ether oxygens (including phenoxy) is 1. The van der Waals surface area contributed by atoms with Crippen molar-refractivity contribution in [3.8, 4) is 0 Å². The molecule has 4 aliphatic rings. The van der Waals surface area contributed by atoms with E-state index in [-0.39, 0.29) is 24.3 Å². The first-order valence-electron chi connectivity index (χ1n) is 18.8. The molecule has 0 aromatic rings. The molecule has 282 valence electrons. The van der Waals surface area contributed by atoms with Crippen LogP contribution in [0, 0.1) is 23.2 Å². The van der Waals surface area contributed by atoms with E-state index in [2.05, 4.69) is 21.3 Å². The first kappa shape index (κ1) is 39.5. The fourth-order valence-electron chi connectivity index (χ4n) is 8.43. The van der Waals surface area contributed by atoms with Gasteiger partial charge in [-0.1, -0.05) is 52.4 Å². The van der Waals surface area contributed by atoms with Gasteiger partial charge in [0.25, 0.3) is 0 Å². The van der Waals surface area contributed by atoms with Crippen LogP contribution in [0.1, 0.15) is 111 Å². The quantitative estimate of drug-likeness (QED) is 0.165. The molecule has 3 saturated carbocycles. The zero-order valence-corrected chi connectivity index (χ0v) is 30.3. The number of nitrogens with one attached hydrogen (secondary N) is 4. The maximum atomic E-state index is 14.1. The zero-order chi connectivity index (χ0) is 36.6. The van der Waals surface area contributed by atoms with E-state index in [4.69, 9.17) is 10.5 Å². The van der Waals surface area contributed by atoms with Crippen molar-refractivity contribution in [1.29, 1.82) is 0 Å². The van der Waals surface area contributed by atoms with Crippen LogP contribution in [0.25, 0.3) is 0 Å². The highest BCUT2D eigenvalue weighted by Crippen LogP contribution is 2.60. The molecule has 0 aromatic carbocycles. The standard InChI is InChI=1S/C36H60N6O8/c1-5-11-26-32(46)41-30(24-12-8-6-7-9-13-24)34(48)39-25(19-37)31(45)40-29(22(3)43)33(47)38-20-28(44)50-27(21(2)35(49)42(26)4)16-23-17-36(18-23)14-10-15-36/h21-27,29-30,43H,5-20,37H2,1-4H3,(H,38,47)(H,39,48)(H,40,45)(H,41,46)/t21-,22?,25+,26+,27-,29+,30+/m1/s1. The van der Waals surface area contributed by atoms with E-state index in [1.165, 1.54) is 31.1 Å². The number of hydrogen-bond donors (Lipinski definition) is 6. The summed E-state index contributed by atoms with van der Waals surface area (Å²) in [5.74, 6) is -4.55. The molecule has 50 heavy (non-hydrogen) atoms. The molecule has 0 aromatic heterocycles. The molecule has 14 nitrogen and oxygen atoms in total. The van der Waals surface area contributed by atoms with E-state index < -0.39 is 78.4 Å². The molecule has 7 atom stereocenters. The maximum Gasteiger partial charge on any atom is 0.325 e. The van der Waals surface area contributed by atoms with E-state index in [0.717, 1.165) is 38.5 Å². The molecule has 7 N–H and O–H groups in total. The van der Waals surface area contributed by atoms with Crippen molar-refractivity contribution in [1.82, 2.24) is 26.2 Å². The minimum atomic E-state index is -1.46. The first-order valence-corrected chi connectivity index (χ1v) is 18.8. The monoisotopic (exact) mass is 704 g/mol. The number of aliphatic hydroxyl groups excluding tert-OH is 1. The third-order valence-electron chi connectivity index (χ3n) is 11.6. The number of carbonyl (C=O) groups is 6. The molecule has 0 radical (unpaired) electrons. The smallest absolute Gasteiger partial charge is 0.325 e. The topological polar surface area (TPSA) is 209 Å². The minimum Gasteiger partial charge on any atom is -0.460 e. The SMILES string of the molecule is CCC[C@H]1C(=O)N[C@@H](C2CCCCCC2)C(=O)N[C@@H](CN)C(=O)N[C@@H](C(C)O)C(=O)NCC(=O)O[C@H](CC2CC3(CCC3)C2)[C@@H](C)C(=O)N1C. The van der Waals surface area contributed by atoms with E-state index in [9.17, 15) is 33.9 Å². The Morgan fingerprint density at radius 3 is 2.14 bits per heavy atom. The number of hydrogen-bond acceptors (Lipinski definition) is 9. The lowest BCUT2D eigenvalue weighted by atomic mass is 9.51. The van der Waals surface area contributed by atoms with Crippen molar-refractivity contribution in [3.63, 3.8) is 0 Å². The molecular weight excluding hydrogens is 644 g/mol. The molecule has 1 heterocycles. The summed E-state index contributed by atoms with van der Waals surface area (Å²) in [5.41, 5.74) is 6.28. The lowest BCUT2D eigenvalue weighted by Gasteiger charge is -2.55. The molecule has 4 rings (SSSR count). The summed E-state index contributed by atoms with van der Waals surface area (Å²) >= 11 is 0. The fourth-order valence-corrected chi connectivity index (χ4v) is 8.43. The second-order valence-electron chi connectivity index (χ2n) is 15.4. The third kappa shape index (κ3) is 9.74. The summed E-state index contributed by atoms with van der Waals surface area (Å²) in [7, 11) is 1.57. The summed E-state index contributed by atoms with van der Waals surface area (Å²) in [6.45, 7) is 4.05. The molecular formula is C36H60N6O8. The molecule has 1 aliphatic heterocycles. The van der Waals surface area contributed by atoms with Crippen LogP contribution >= 0.6 is 0 Å². The largest absolute Gasteiger partial charge is 0.460 e. The summed E-state index contributed by atoms with van der Waals surface area (Å²) < 4.78 is 5.89. The predicted molar refractivity (Wildman–Crippen MR) is 185 cm³/mol. The van der Waals surface area contributed by atoms with Crippen molar-refractivity contribution >= 4 is 35.5 Å². The Morgan fingerprint density at radius 2 is 1.58 bits per heavy atom. The van der Waals surface area contributed by atoms with Gasteiger partial charge in [0.05, 0.1) is 12.0 Å².